The summed E-state index contributed by atoms with van der Waals surface area (Å²) in [6.45, 7) is 12.5. The Kier molecular flexibility index (Phi) is 6.92. The van der Waals surface area contributed by atoms with E-state index in [1.165, 1.54) is 25.7 Å². The Hall–Kier alpha value is -1.14. The zero-order chi connectivity index (χ0) is 18.5. The van der Waals surface area contributed by atoms with E-state index >= 15 is 0 Å². The largest absolute Gasteiger partial charge is 0.338 e. The van der Waals surface area contributed by atoms with Crippen LogP contribution in [0, 0.1) is 11.8 Å². The molecule has 148 valence electrons. The molecule has 0 N–H and O–H groups in total. The molecule has 3 aliphatic rings. The van der Waals surface area contributed by atoms with Gasteiger partial charge in [0.2, 0.25) is 11.8 Å². The Balaban J connectivity index is 1.39. The van der Waals surface area contributed by atoms with Crippen molar-refractivity contribution in [2.75, 3.05) is 65.4 Å². The smallest absolute Gasteiger partial charge is 0.236 e. The molecule has 0 aromatic carbocycles. The predicted molar refractivity (Wildman–Crippen MR) is 103 cm³/mol. The fraction of sp³-hybridized carbons (Fsp3) is 0.900. The lowest BCUT2D eigenvalue weighted by Gasteiger charge is -2.38. The highest BCUT2D eigenvalue weighted by Crippen LogP contribution is 2.17. The minimum absolute atomic E-state index is 0.232. The molecule has 0 aromatic heterocycles. The van der Waals surface area contributed by atoms with Gasteiger partial charge in [-0.3, -0.25) is 19.4 Å². The third-order valence-corrected chi connectivity index (χ3v) is 6.19. The van der Waals surface area contributed by atoms with Gasteiger partial charge in [0.15, 0.2) is 0 Å². The van der Waals surface area contributed by atoms with Gasteiger partial charge >= 0.3 is 0 Å². The minimum atomic E-state index is 0.232. The predicted octanol–water partition coefficient (Wildman–Crippen LogP) is 1.12. The van der Waals surface area contributed by atoms with E-state index in [1.54, 1.807) is 0 Å². The van der Waals surface area contributed by atoms with E-state index in [0.29, 0.717) is 51.1 Å². The van der Waals surface area contributed by atoms with E-state index < -0.39 is 0 Å². The maximum absolute atomic E-state index is 12.6. The first kappa shape index (κ1) is 19.6. The maximum atomic E-state index is 12.6. The van der Waals surface area contributed by atoms with Crippen LogP contribution in [-0.4, -0.2) is 96.9 Å². The summed E-state index contributed by atoms with van der Waals surface area (Å²) in [5.41, 5.74) is 0. The molecule has 2 amide bonds. The Morgan fingerprint density at radius 1 is 0.692 bits per heavy atom. The molecule has 0 spiro atoms. The van der Waals surface area contributed by atoms with E-state index in [1.807, 2.05) is 9.80 Å². The van der Waals surface area contributed by atoms with Crippen molar-refractivity contribution < 1.29 is 9.59 Å². The molecular weight excluding hydrogens is 328 g/mol. The first-order chi connectivity index (χ1) is 12.5. The number of likely N-dealkylation sites (tertiary alicyclic amines) is 2. The molecule has 0 radical (unpaired) electrons. The van der Waals surface area contributed by atoms with Gasteiger partial charge < -0.3 is 9.80 Å². The van der Waals surface area contributed by atoms with Gasteiger partial charge in [0.25, 0.3) is 0 Å². The highest BCUT2D eigenvalue weighted by atomic mass is 16.2. The number of amides is 2. The van der Waals surface area contributed by atoms with Crippen molar-refractivity contribution in [2.24, 2.45) is 11.8 Å². The van der Waals surface area contributed by atoms with Crippen LogP contribution in [0.5, 0.6) is 0 Å². The van der Waals surface area contributed by atoms with Crippen molar-refractivity contribution in [1.82, 2.24) is 19.6 Å². The van der Waals surface area contributed by atoms with Crippen molar-refractivity contribution >= 4 is 11.8 Å². The molecule has 0 saturated carbocycles. The van der Waals surface area contributed by atoms with E-state index in [9.17, 15) is 9.59 Å². The molecular formula is C20H36N4O2. The number of carbonyl (C=O) groups is 2. The van der Waals surface area contributed by atoms with Crippen LogP contribution in [0.4, 0.5) is 0 Å². The number of hydrogen-bond donors (Lipinski definition) is 0. The second-order valence-corrected chi connectivity index (χ2v) is 8.73. The van der Waals surface area contributed by atoms with Crippen molar-refractivity contribution in [3.05, 3.63) is 0 Å². The molecule has 3 saturated heterocycles. The minimum Gasteiger partial charge on any atom is -0.338 e. The van der Waals surface area contributed by atoms with Crippen LogP contribution in [0.15, 0.2) is 0 Å². The molecule has 0 aliphatic carbocycles. The van der Waals surface area contributed by atoms with Gasteiger partial charge in [-0.1, -0.05) is 13.8 Å². The van der Waals surface area contributed by atoms with Crippen LogP contribution in [0.2, 0.25) is 0 Å². The number of hydrogen-bond acceptors (Lipinski definition) is 4. The molecule has 0 aromatic rings. The van der Waals surface area contributed by atoms with Crippen molar-refractivity contribution in [3.63, 3.8) is 0 Å². The maximum Gasteiger partial charge on any atom is 0.236 e. The normalized spacial score (nSPS) is 29.0. The number of nitrogens with zero attached hydrogens (tertiary/aromatic N) is 4. The molecule has 26 heavy (non-hydrogen) atoms. The zero-order valence-electron chi connectivity index (χ0n) is 16.7. The fourth-order valence-electron chi connectivity index (χ4n) is 4.65. The summed E-state index contributed by atoms with van der Waals surface area (Å²) in [5.74, 6) is 1.86. The molecule has 2 atom stereocenters. The zero-order valence-corrected chi connectivity index (χ0v) is 16.7. The van der Waals surface area contributed by atoms with E-state index in [4.69, 9.17) is 0 Å². The van der Waals surface area contributed by atoms with Gasteiger partial charge in [0.1, 0.15) is 0 Å². The second kappa shape index (κ2) is 9.18. The number of rotatable bonds is 4. The Morgan fingerprint density at radius 3 is 1.42 bits per heavy atom. The van der Waals surface area contributed by atoms with Crippen molar-refractivity contribution in [1.29, 1.82) is 0 Å². The van der Waals surface area contributed by atoms with Crippen LogP contribution in [-0.2, 0) is 9.59 Å². The van der Waals surface area contributed by atoms with Gasteiger partial charge in [-0.05, 0) is 50.6 Å². The fourth-order valence-corrected chi connectivity index (χ4v) is 4.65. The topological polar surface area (TPSA) is 47.1 Å². The van der Waals surface area contributed by atoms with Gasteiger partial charge in [0.05, 0.1) is 13.1 Å². The molecule has 3 fully saturated rings. The van der Waals surface area contributed by atoms with Crippen LogP contribution in [0.1, 0.15) is 39.5 Å². The molecule has 3 heterocycles. The van der Waals surface area contributed by atoms with E-state index in [0.717, 1.165) is 26.2 Å². The lowest BCUT2D eigenvalue weighted by atomic mass is 10.0. The summed E-state index contributed by atoms with van der Waals surface area (Å²) in [5, 5.41) is 0. The monoisotopic (exact) mass is 364 g/mol. The SMILES string of the molecule is C[C@@H]1CCCN(CC(=O)N2CCN(C(=O)CN3CCC[C@H](C)C3)CC2)C1. The lowest BCUT2D eigenvalue weighted by molar-refractivity contribution is -0.141. The number of carbonyl (C=O) groups excluding carboxylic acids is 2. The van der Waals surface area contributed by atoms with Gasteiger partial charge in [-0.15, -0.1) is 0 Å². The lowest BCUT2D eigenvalue weighted by Crippen LogP contribution is -2.55. The summed E-state index contributed by atoms with van der Waals surface area (Å²) in [4.78, 5) is 33.6. The molecule has 0 unspecified atom stereocenters. The molecule has 6 heteroatoms. The average Bonchev–Trinajstić information content (AvgIpc) is 2.62. The van der Waals surface area contributed by atoms with E-state index in [-0.39, 0.29) is 11.8 Å². The molecule has 0 bridgehead atoms. The van der Waals surface area contributed by atoms with E-state index in [2.05, 4.69) is 23.6 Å². The Morgan fingerprint density at radius 2 is 1.08 bits per heavy atom. The van der Waals surface area contributed by atoms with Crippen LogP contribution in [0.25, 0.3) is 0 Å². The Bertz CT molecular complexity index is 446. The first-order valence-corrected chi connectivity index (χ1v) is 10.5. The molecule has 6 nitrogen and oxygen atoms in total. The summed E-state index contributed by atoms with van der Waals surface area (Å²) < 4.78 is 0. The summed E-state index contributed by atoms with van der Waals surface area (Å²) in [6, 6.07) is 0. The summed E-state index contributed by atoms with van der Waals surface area (Å²) in [7, 11) is 0. The van der Waals surface area contributed by atoms with Crippen molar-refractivity contribution in [3.8, 4) is 0 Å². The standard InChI is InChI=1S/C20H36N4O2/c1-17-5-3-7-21(13-17)15-19(25)23-9-11-24(12-10-23)20(26)16-22-8-4-6-18(2)14-22/h17-18H,3-16H2,1-2H3/t17-,18+. The van der Waals surface area contributed by atoms with Gasteiger partial charge in [-0.2, -0.15) is 0 Å². The highest BCUT2D eigenvalue weighted by Gasteiger charge is 2.28. The van der Waals surface area contributed by atoms with Crippen LogP contribution < -0.4 is 0 Å². The third-order valence-electron chi connectivity index (χ3n) is 6.19. The molecule has 3 aliphatic heterocycles. The third kappa shape index (κ3) is 5.43. The van der Waals surface area contributed by atoms with Crippen LogP contribution >= 0.6 is 0 Å². The molecule has 3 rings (SSSR count). The van der Waals surface area contributed by atoms with Gasteiger partial charge in [-0.25, -0.2) is 0 Å². The summed E-state index contributed by atoms with van der Waals surface area (Å²) in [6.07, 6.45) is 4.96. The Labute approximate surface area is 158 Å². The van der Waals surface area contributed by atoms with Crippen molar-refractivity contribution in [2.45, 2.75) is 39.5 Å². The highest BCUT2D eigenvalue weighted by molar-refractivity contribution is 5.80. The first-order valence-electron chi connectivity index (χ1n) is 10.5. The quantitative estimate of drug-likeness (QED) is 0.750. The summed E-state index contributed by atoms with van der Waals surface area (Å²) >= 11 is 0. The number of piperidine rings is 2. The van der Waals surface area contributed by atoms with Gasteiger partial charge in [0, 0.05) is 39.3 Å². The van der Waals surface area contributed by atoms with Crippen LogP contribution in [0.3, 0.4) is 0 Å². The average molecular weight is 365 g/mol. The number of piperazine rings is 1. The second-order valence-electron chi connectivity index (χ2n) is 8.73.